The molecule has 0 N–H and O–H groups in total. The second-order valence-electron chi connectivity index (χ2n) is 6.78. The van der Waals surface area contributed by atoms with E-state index >= 15 is 0 Å². The first-order valence-electron chi connectivity index (χ1n) is 7.54. The molecule has 0 saturated heterocycles. The maximum Gasteiger partial charge on any atom is 0.441 e. The van der Waals surface area contributed by atoms with Crippen molar-refractivity contribution in [2.24, 2.45) is 0 Å². The van der Waals surface area contributed by atoms with Gasteiger partial charge in [0.15, 0.2) is 8.32 Å². The third-order valence-corrected chi connectivity index (χ3v) is 8.60. The van der Waals surface area contributed by atoms with Crippen LogP contribution < -0.4 is 0 Å². The lowest BCUT2D eigenvalue weighted by Crippen LogP contribution is -2.40. The highest BCUT2D eigenvalue weighted by molar-refractivity contribution is 6.74. The molecule has 0 radical (unpaired) electrons. The summed E-state index contributed by atoms with van der Waals surface area (Å²) in [4.78, 5) is 25.6. The summed E-state index contributed by atoms with van der Waals surface area (Å²) in [6.07, 6.45) is 2.47. The fourth-order valence-electron chi connectivity index (χ4n) is 1.53. The summed E-state index contributed by atoms with van der Waals surface area (Å²) < 4.78 is 10.4. The Morgan fingerprint density at radius 3 is 2.18 bits per heavy atom. The standard InChI is InChI=1S/C15H28N2O4Si/c1-15(2,3)22(5,6)21-11-9-7-8-10-12(18)13(17-16)14(19)20-4/h7-11H2,1-6H3. The highest BCUT2D eigenvalue weighted by Gasteiger charge is 2.36. The molecule has 0 rings (SSSR count). The van der Waals surface area contributed by atoms with Crippen molar-refractivity contribution >= 4 is 25.8 Å². The van der Waals surface area contributed by atoms with Crippen LogP contribution >= 0.6 is 0 Å². The van der Waals surface area contributed by atoms with E-state index in [1.54, 1.807) is 0 Å². The summed E-state index contributed by atoms with van der Waals surface area (Å²) in [7, 11) is -0.573. The average molecular weight is 328 g/mol. The highest BCUT2D eigenvalue weighted by Crippen LogP contribution is 2.36. The predicted molar refractivity (Wildman–Crippen MR) is 87.3 cm³/mol. The Bertz CT molecular complexity index is 449. The van der Waals surface area contributed by atoms with E-state index in [2.05, 4.69) is 43.4 Å². The van der Waals surface area contributed by atoms with Crippen LogP contribution in [-0.2, 0) is 18.8 Å². The van der Waals surface area contributed by atoms with E-state index in [1.807, 2.05) is 0 Å². The van der Waals surface area contributed by atoms with Gasteiger partial charge >= 0.3 is 11.7 Å². The molecule has 0 bridgehead atoms. The average Bonchev–Trinajstić information content (AvgIpc) is 2.41. The largest absolute Gasteiger partial charge is 0.460 e. The number of ether oxygens (including phenoxy) is 1. The second-order valence-corrected chi connectivity index (χ2v) is 11.6. The Hall–Kier alpha value is -1.30. The van der Waals surface area contributed by atoms with E-state index < -0.39 is 25.8 Å². The molecule has 0 aromatic heterocycles. The van der Waals surface area contributed by atoms with Crippen LogP contribution in [0.3, 0.4) is 0 Å². The minimum absolute atomic E-state index is 0.161. The minimum Gasteiger partial charge on any atom is -0.460 e. The van der Waals surface area contributed by atoms with Gasteiger partial charge in [-0.3, -0.25) is 4.79 Å². The van der Waals surface area contributed by atoms with Crippen LogP contribution in [0.25, 0.3) is 5.53 Å². The molecule has 0 fully saturated rings. The van der Waals surface area contributed by atoms with Gasteiger partial charge < -0.3 is 14.7 Å². The molecular weight excluding hydrogens is 300 g/mol. The number of Topliss-reactive ketones (excluding diaryl/α,β-unsaturated/α-hetero) is 1. The van der Waals surface area contributed by atoms with E-state index in [-0.39, 0.29) is 11.5 Å². The van der Waals surface area contributed by atoms with E-state index in [4.69, 9.17) is 9.96 Å². The summed E-state index contributed by atoms with van der Waals surface area (Å²) in [5.41, 5.74) is 8.11. The van der Waals surface area contributed by atoms with Gasteiger partial charge in [-0.05, 0) is 31.0 Å². The summed E-state index contributed by atoms with van der Waals surface area (Å²) in [5.74, 6) is -1.41. The minimum atomic E-state index is -1.71. The summed E-state index contributed by atoms with van der Waals surface area (Å²) in [5, 5.41) is 0.190. The van der Waals surface area contributed by atoms with Gasteiger partial charge in [-0.1, -0.05) is 27.2 Å². The lowest BCUT2D eigenvalue weighted by atomic mass is 10.1. The molecule has 0 aromatic rings. The van der Waals surface area contributed by atoms with E-state index in [9.17, 15) is 9.59 Å². The van der Waals surface area contributed by atoms with Gasteiger partial charge in [0.05, 0.1) is 7.11 Å². The van der Waals surface area contributed by atoms with Gasteiger partial charge in [0.1, 0.15) is 0 Å². The van der Waals surface area contributed by atoms with Gasteiger partial charge in [-0.15, -0.1) is 0 Å². The van der Waals surface area contributed by atoms with Gasteiger partial charge in [0.25, 0.3) is 5.78 Å². The molecule has 0 heterocycles. The zero-order valence-electron chi connectivity index (χ0n) is 14.6. The summed E-state index contributed by atoms with van der Waals surface area (Å²) in [6.45, 7) is 11.7. The number of methoxy groups -OCH3 is 1. The van der Waals surface area contributed by atoms with Crippen LogP contribution in [0.4, 0.5) is 0 Å². The first kappa shape index (κ1) is 20.7. The number of carbonyl (C=O) groups excluding carboxylic acids is 2. The van der Waals surface area contributed by atoms with Crippen molar-refractivity contribution in [2.45, 2.75) is 64.6 Å². The molecule has 0 aliphatic rings. The molecule has 0 aromatic carbocycles. The lowest BCUT2D eigenvalue weighted by molar-refractivity contribution is -0.139. The number of hydrogen-bond donors (Lipinski definition) is 0. The van der Waals surface area contributed by atoms with E-state index in [1.165, 1.54) is 0 Å². The van der Waals surface area contributed by atoms with Gasteiger partial charge in [0.2, 0.25) is 0 Å². The van der Waals surface area contributed by atoms with Crippen LogP contribution in [-0.4, -0.2) is 44.3 Å². The van der Waals surface area contributed by atoms with Crippen molar-refractivity contribution < 1.29 is 23.5 Å². The Balaban J connectivity index is 4.03. The summed E-state index contributed by atoms with van der Waals surface area (Å²) >= 11 is 0. The van der Waals surface area contributed by atoms with Crippen LogP contribution in [0.5, 0.6) is 0 Å². The number of hydrogen-bond acceptors (Lipinski definition) is 4. The molecular formula is C15H28N2O4Si. The summed E-state index contributed by atoms with van der Waals surface area (Å²) in [6, 6.07) is 0. The van der Waals surface area contributed by atoms with Crippen molar-refractivity contribution in [3.63, 3.8) is 0 Å². The number of carbonyl (C=O) groups is 2. The number of unbranched alkanes of at least 4 members (excludes halogenated alkanes) is 2. The zero-order chi connectivity index (χ0) is 17.4. The van der Waals surface area contributed by atoms with Crippen LogP contribution in [0.15, 0.2) is 0 Å². The molecule has 0 aliphatic heterocycles. The Morgan fingerprint density at radius 1 is 1.14 bits per heavy atom. The van der Waals surface area contributed by atoms with Crippen molar-refractivity contribution in [3.05, 3.63) is 5.53 Å². The fraction of sp³-hybridized carbons (Fsp3) is 0.800. The zero-order valence-corrected chi connectivity index (χ0v) is 15.6. The molecule has 6 nitrogen and oxygen atoms in total. The maximum atomic E-state index is 11.7. The number of nitrogens with zero attached hydrogens (tertiary/aromatic N) is 2. The maximum absolute atomic E-state index is 11.7. The molecule has 126 valence electrons. The van der Waals surface area contributed by atoms with Crippen molar-refractivity contribution in [2.75, 3.05) is 13.7 Å². The van der Waals surface area contributed by atoms with Crippen molar-refractivity contribution in [3.8, 4) is 0 Å². The Morgan fingerprint density at radius 2 is 1.73 bits per heavy atom. The van der Waals surface area contributed by atoms with Crippen LogP contribution in [0.1, 0.15) is 46.5 Å². The quantitative estimate of drug-likeness (QED) is 0.124. The molecule has 0 atom stereocenters. The van der Waals surface area contributed by atoms with Gasteiger partial charge in [-0.25, -0.2) is 4.79 Å². The van der Waals surface area contributed by atoms with Gasteiger partial charge in [0, 0.05) is 13.0 Å². The molecule has 22 heavy (non-hydrogen) atoms. The van der Waals surface area contributed by atoms with Crippen molar-refractivity contribution in [1.82, 2.24) is 0 Å². The second kappa shape index (κ2) is 8.98. The molecule has 0 unspecified atom stereocenters. The Kier molecular flexibility index (Phi) is 8.44. The molecule has 0 saturated carbocycles. The Labute approximate surface area is 133 Å². The number of ketones is 1. The lowest BCUT2D eigenvalue weighted by Gasteiger charge is -2.36. The molecule has 0 amide bonds. The normalized spacial score (nSPS) is 11.7. The monoisotopic (exact) mass is 328 g/mol. The van der Waals surface area contributed by atoms with Crippen LogP contribution in [0, 0.1) is 0 Å². The fourth-order valence-corrected chi connectivity index (χ4v) is 2.62. The first-order chi connectivity index (χ1) is 10.1. The van der Waals surface area contributed by atoms with Gasteiger partial charge in [-0.2, -0.15) is 4.79 Å². The molecule has 7 heteroatoms. The molecule has 0 spiro atoms. The number of rotatable bonds is 9. The smallest absolute Gasteiger partial charge is 0.441 e. The third kappa shape index (κ3) is 6.64. The van der Waals surface area contributed by atoms with E-state index in [0.717, 1.165) is 20.0 Å². The third-order valence-electron chi connectivity index (χ3n) is 4.06. The SMILES string of the molecule is COC(=O)C(=[N+]=[N-])C(=O)CCCCCO[Si](C)(C)C(C)(C)C. The number of esters is 1. The predicted octanol–water partition coefficient (Wildman–Crippen LogP) is 2.98. The van der Waals surface area contributed by atoms with E-state index in [0.29, 0.717) is 13.0 Å². The van der Waals surface area contributed by atoms with Crippen molar-refractivity contribution in [1.29, 1.82) is 0 Å². The first-order valence-corrected chi connectivity index (χ1v) is 10.4. The van der Waals surface area contributed by atoms with Crippen LogP contribution in [0.2, 0.25) is 18.1 Å². The molecule has 0 aliphatic carbocycles. The highest BCUT2D eigenvalue weighted by atomic mass is 28.4. The topological polar surface area (TPSA) is 89.0 Å².